The molecule has 1 spiro atoms. The van der Waals surface area contributed by atoms with Crippen molar-refractivity contribution in [2.75, 3.05) is 20.2 Å². The van der Waals surface area contributed by atoms with Crippen LogP contribution in [0.5, 0.6) is 11.5 Å². The summed E-state index contributed by atoms with van der Waals surface area (Å²) in [6.07, 6.45) is 6.26. The summed E-state index contributed by atoms with van der Waals surface area (Å²) < 4.78 is 19.0. The fourth-order valence-corrected chi connectivity index (χ4v) is 7.98. The van der Waals surface area contributed by atoms with E-state index in [1.807, 2.05) is 6.08 Å². The van der Waals surface area contributed by atoms with Gasteiger partial charge in [0.2, 0.25) is 0 Å². The van der Waals surface area contributed by atoms with E-state index in [9.17, 15) is 0 Å². The Morgan fingerprint density at radius 3 is 2.93 bits per heavy atom. The van der Waals surface area contributed by atoms with Crippen molar-refractivity contribution in [1.29, 1.82) is 0 Å². The number of nitrogens with zero attached hydrogens (tertiary/aromatic N) is 1. The first kappa shape index (κ1) is 18.7. The maximum atomic E-state index is 6.77. The standard InChI is InChI=1S/C21H27INO3P/c1-4-10-23-11-9-20-16-13-5-6-14(24-3)17(16)25-18(20)19(2,27)7-8-21(20,26-22)15(23)12-13/h4-6,15,18H,1,7-12,27H2,2-3H3/t15-,18+,19?,20+,21+/m1/s1. The summed E-state index contributed by atoms with van der Waals surface area (Å²) in [5.74, 6) is 1.82. The van der Waals surface area contributed by atoms with Crippen LogP contribution in [0.25, 0.3) is 0 Å². The Morgan fingerprint density at radius 1 is 1.41 bits per heavy atom. The largest absolute Gasteiger partial charge is 0.493 e. The molecule has 4 nitrogen and oxygen atoms in total. The highest BCUT2D eigenvalue weighted by Gasteiger charge is 2.75. The number of methoxy groups -OCH3 is 1. The van der Waals surface area contributed by atoms with Crippen molar-refractivity contribution in [3.05, 3.63) is 35.9 Å². The van der Waals surface area contributed by atoms with Crippen molar-refractivity contribution in [3.63, 3.8) is 0 Å². The minimum atomic E-state index is -0.236. The van der Waals surface area contributed by atoms with Gasteiger partial charge in [0.25, 0.3) is 0 Å². The fourth-order valence-electron chi connectivity index (χ4n) is 6.58. The van der Waals surface area contributed by atoms with Gasteiger partial charge in [0.05, 0.1) is 12.5 Å². The lowest BCUT2D eigenvalue weighted by atomic mass is 9.47. The van der Waals surface area contributed by atoms with Crippen LogP contribution < -0.4 is 9.47 Å². The third-order valence-electron chi connectivity index (χ3n) is 7.63. The number of rotatable bonds is 4. The molecule has 146 valence electrons. The van der Waals surface area contributed by atoms with Crippen LogP contribution in [0.4, 0.5) is 0 Å². The van der Waals surface area contributed by atoms with Gasteiger partial charge < -0.3 is 12.5 Å². The second kappa shape index (κ2) is 6.07. The van der Waals surface area contributed by atoms with Gasteiger partial charge in [0, 0.05) is 23.3 Å². The van der Waals surface area contributed by atoms with E-state index in [1.54, 1.807) is 7.11 Å². The number of benzene rings is 1. The maximum Gasteiger partial charge on any atom is 0.165 e. The lowest BCUT2D eigenvalue weighted by molar-refractivity contribution is -0.157. The summed E-state index contributed by atoms with van der Waals surface area (Å²) in [5, 5.41) is 0.0163. The number of likely N-dealkylation sites (tertiary alicyclic amines) is 1. The average molecular weight is 499 g/mol. The molecule has 1 saturated heterocycles. The first-order valence-electron chi connectivity index (χ1n) is 9.76. The molecule has 1 aromatic rings. The zero-order chi connectivity index (χ0) is 19.0. The van der Waals surface area contributed by atoms with E-state index in [1.165, 1.54) is 11.1 Å². The minimum absolute atomic E-state index is 0.0163. The Morgan fingerprint density at radius 2 is 2.22 bits per heavy atom. The summed E-state index contributed by atoms with van der Waals surface area (Å²) >= 11 is 2.17. The molecule has 2 fully saturated rings. The van der Waals surface area contributed by atoms with Crippen molar-refractivity contribution in [1.82, 2.24) is 4.90 Å². The van der Waals surface area contributed by atoms with Gasteiger partial charge in [-0.2, -0.15) is 0 Å². The average Bonchev–Trinajstić information content (AvgIpc) is 3.02. The molecular weight excluding hydrogens is 472 g/mol. The lowest BCUT2D eigenvalue weighted by Gasteiger charge is -2.66. The molecule has 4 aliphatic rings. The van der Waals surface area contributed by atoms with Gasteiger partial charge in [0.15, 0.2) is 11.5 Å². The van der Waals surface area contributed by atoms with Gasteiger partial charge >= 0.3 is 0 Å². The van der Waals surface area contributed by atoms with Crippen molar-refractivity contribution in [2.24, 2.45) is 0 Å². The Hall–Kier alpha value is -0.360. The first-order valence-corrected chi connectivity index (χ1v) is 11.2. The highest BCUT2D eigenvalue weighted by Crippen LogP contribution is 2.69. The minimum Gasteiger partial charge on any atom is -0.493 e. The van der Waals surface area contributed by atoms with E-state index in [-0.39, 0.29) is 22.3 Å². The first-order chi connectivity index (χ1) is 12.9. The van der Waals surface area contributed by atoms with Crippen LogP contribution in [-0.2, 0) is 14.9 Å². The molecule has 6 heteroatoms. The summed E-state index contributed by atoms with van der Waals surface area (Å²) in [6.45, 7) is 8.28. The molecule has 1 saturated carbocycles. The number of ether oxygens (including phenoxy) is 2. The van der Waals surface area contributed by atoms with Gasteiger partial charge in [-0.3, -0.25) is 4.90 Å². The molecule has 6 atom stereocenters. The summed E-state index contributed by atoms with van der Waals surface area (Å²) in [6, 6.07) is 4.68. The normalized spacial score (nSPS) is 41.6. The van der Waals surface area contributed by atoms with E-state index in [2.05, 4.69) is 62.8 Å². The lowest BCUT2D eigenvalue weighted by Crippen LogP contribution is -2.78. The molecule has 2 aliphatic carbocycles. The molecule has 0 radical (unpaired) electrons. The SMILES string of the molecule is C=CCN1CC[C@]23c4c5ccc(OC)c4O[C@H]2C(C)(P)CC[C@]3(OI)[C@H]1C5. The van der Waals surface area contributed by atoms with Gasteiger partial charge in [-0.25, -0.2) is 0 Å². The molecule has 2 aliphatic heterocycles. The fraction of sp³-hybridized carbons (Fsp3) is 0.619. The molecule has 0 N–H and O–H groups in total. The Labute approximate surface area is 177 Å². The Kier molecular flexibility index (Phi) is 4.19. The maximum absolute atomic E-state index is 6.77. The van der Waals surface area contributed by atoms with E-state index in [4.69, 9.17) is 12.5 Å². The van der Waals surface area contributed by atoms with Gasteiger partial charge in [-0.15, -0.1) is 15.8 Å². The number of piperidine rings is 1. The van der Waals surface area contributed by atoms with E-state index < -0.39 is 0 Å². The molecule has 1 aromatic carbocycles. The molecule has 2 heterocycles. The van der Waals surface area contributed by atoms with Crippen LogP contribution in [0.2, 0.25) is 0 Å². The van der Waals surface area contributed by atoms with E-state index in [0.717, 1.165) is 50.3 Å². The molecule has 2 unspecified atom stereocenters. The van der Waals surface area contributed by atoms with Crippen molar-refractivity contribution < 1.29 is 12.5 Å². The number of hydrogen-bond donors (Lipinski definition) is 0. The molecule has 0 aromatic heterocycles. The number of hydrogen-bond acceptors (Lipinski definition) is 4. The summed E-state index contributed by atoms with van der Waals surface area (Å²) in [4.78, 5) is 2.57. The zero-order valence-corrected chi connectivity index (χ0v) is 19.3. The van der Waals surface area contributed by atoms with Crippen LogP contribution in [0, 0.1) is 0 Å². The smallest absolute Gasteiger partial charge is 0.165 e. The van der Waals surface area contributed by atoms with Crippen molar-refractivity contribution in [2.45, 2.75) is 60.9 Å². The third kappa shape index (κ3) is 2.10. The highest BCUT2D eigenvalue weighted by atomic mass is 127. The van der Waals surface area contributed by atoms with Crippen LogP contribution in [0.3, 0.4) is 0 Å². The summed E-state index contributed by atoms with van der Waals surface area (Å²) in [7, 11) is 4.85. The second-order valence-electron chi connectivity index (χ2n) is 8.83. The third-order valence-corrected chi connectivity index (χ3v) is 9.01. The quantitative estimate of drug-likeness (QED) is 0.356. The second-order valence-corrected chi connectivity index (χ2v) is 10.6. The Balaban J connectivity index is 1.81. The zero-order valence-electron chi connectivity index (χ0n) is 16.0. The van der Waals surface area contributed by atoms with Crippen LogP contribution >= 0.6 is 32.2 Å². The molecule has 2 bridgehead atoms. The summed E-state index contributed by atoms with van der Waals surface area (Å²) in [5.41, 5.74) is 2.41. The molecule has 27 heavy (non-hydrogen) atoms. The van der Waals surface area contributed by atoms with E-state index >= 15 is 0 Å². The predicted molar refractivity (Wildman–Crippen MR) is 118 cm³/mol. The highest BCUT2D eigenvalue weighted by molar-refractivity contribution is 14.1. The molecule has 5 rings (SSSR count). The van der Waals surface area contributed by atoms with Crippen LogP contribution in [-0.4, -0.2) is 48.0 Å². The Bertz CT molecular complexity index is 815. The van der Waals surface area contributed by atoms with Crippen molar-refractivity contribution in [3.8, 4) is 11.5 Å². The van der Waals surface area contributed by atoms with Gasteiger partial charge in [-0.05, 0) is 43.9 Å². The van der Waals surface area contributed by atoms with Crippen molar-refractivity contribution >= 4 is 32.2 Å². The molecule has 0 amide bonds. The van der Waals surface area contributed by atoms with Gasteiger partial charge in [-0.1, -0.05) is 19.1 Å². The van der Waals surface area contributed by atoms with Crippen LogP contribution in [0.15, 0.2) is 24.8 Å². The number of halogens is 1. The topological polar surface area (TPSA) is 30.9 Å². The van der Waals surface area contributed by atoms with Gasteiger partial charge in [0.1, 0.15) is 34.7 Å². The van der Waals surface area contributed by atoms with Crippen LogP contribution in [0.1, 0.15) is 37.3 Å². The van der Waals surface area contributed by atoms with E-state index in [0.29, 0.717) is 6.04 Å². The predicted octanol–water partition coefficient (Wildman–Crippen LogP) is 4.04. The molecular formula is C21H27INO3P. The monoisotopic (exact) mass is 499 g/mol.